The van der Waals surface area contributed by atoms with Gasteiger partial charge in [0.25, 0.3) is 0 Å². The van der Waals surface area contributed by atoms with Gasteiger partial charge >= 0.3 is 0 Å². The lowest BCUT2D eigenvalue weighted by Gasteiger charge is -2.24. The van der Waals surface area contributed by atoms with Gasteiger partial charge in [-0.15, -0.1) is 0 Å². The highest BCUT2D eigenvalue weighted by atomic mass is 16.6. The zero-order valence-corrected chi connectivity index (χ0v) is 20.1. The van der Waals surface area contributed by atoms with Crippen molar-refractivity contribution in [1.29, 1.82) is 0 Å². The molecule has 1 N–H and O–H groups in total. The van der Waals surface area contributed by atoms with Gasteiger partial charge in [-0.1, -0.05) is 12.1 Å². The van der Waals surface area contributed by atoms with Crippen molar-refractivity contribution >= 4 is 10.9 Å². The fourth-order valence-corrected chi connectivity index (χ4v) is 5.57. The molecule has 4 heterocycles. The largest absolute Gasteiger partial charge is 0.364 e. The van der Waals surface area contributed by atoms with E-state index >= 15 is 0 Å². The molecule has 0 amide bonds. The van der Waals surface area contributed by atoms with Crippen LogP contribution in [0.25, 0.3) is 33.5 Å². The van der Waals surface area contributed by atoms with Crippen molar-refractivity contribution in [2.45, 2.75) is 70.8 Å². The monoisotopic (exact) mass is 454 g/mol. The van der Waals surface area contributed by atoms with E-state index in [1.165, 1.54) is 25.1 Å². The van der Waals surface area contributed by atoms with Crippen molar-refractivity contribution < 1.29 is 9.84 Å². The van der Waals surface area contributed by atoms with Crippen molar-refractivity contribution in [3.63, 3.8) is 0 Å². The Morgan fingerprint density at radius 2 is 1.94 bits per heavy atom. The lowest BCUT2D eigenvalue weighted by atomic mass is 10.0. The summed E-state index contributed by atoms with van der Waals surface area (Å²) in [6.07, 6.45) is 4.42. The van der Waals surface area contributed by atoms with Crippen LogP contribution in [0.1, 0.15) is 75.4 Å². The number of benzene rings is 1. The van der Waals surface area contributed by atoms with Crippen LogP contribution in [-0.2, 0) is 4.74 Å². The summed E-state index contributed by atoms with van der Waals surface area (Å²) in [4.78, 5) is 14.6. The molecule has 2 bridgehead atoms. The smallest absolute Gasteiger partial charge is 0.181 e. The van der Waals surface area contributed by atoms with Gasteiger partial charge in [-0.05, 0) is 77.3 Å². The average Bonchev–Trinajstić information content (AvgIpc) is 3.50. The van der Waals surface area contributed by atoms with E-state index in [2.05, 4.69) is 15.6 Å². The number of pyridine rings is 2. The fourth-order valence-electron chi connectivity index (χ4n) is 5.57. The fraction of sp³-hybridized carbons (Fsp3) is 0.393. The van der Waals surface area contributed by atoms with Gasteiger partial charge in [0.2, 0.25) is 0 Å². The zero-order chi connectivity index (χ0) is 23.6. The van der Waals surface area contributed by atoms with Crippen LogP contribution in [-0.4, -0.2) is 30.2 Å². The van der Waals surface area contributed by atoms with E-state index in [-0.39, 0.29) is 0 Å². The first kappa shape index (κ1) is 21.4. The summed E-state index contributed by atoms with van der Waals surface area (Å²) in [5.74, 6) is 1.70. The minimum absolute atomic E-state index is 0.457. The van der Waals surface area contributed by atoms with Crippen LogP contribution in [0.15, 0.2) is 48.7 Å². The number of rotatable bonds is 4. The molecule has 1 aliphatic heterocycles. The number of nitrogens with zero attached hydrogens (tertiary/aromatic N) is 4. The highest BCUT2D eigenvalue weighted by molar-refractivity contribution is 5.97. The number of hydrogen-bond acceptors (Lipinski definition) is 5. The van der Waals surface area contributed by atoms with Gasteiger partial charge in [0, 0.05) is 40.4 Å². The van der Waals surface area contributed by atoms with E-state index in [4.69, 9.17) is 14.7 Å². The third-order valence-electron chi connectivity index (χ3n) is 6.98. The molecule has 3 unspecified atom stereocenters. The Bertz CT molecular complexity index is 1400. The lowest BCUT2D eigenvalue weighted by Crippen LogP contribution is -2.22. The molecule has 1 aromatic carbocycles. The first-order chi connectivity index (χ1) is 16.3. The normalized spacial score (nSPS) is 20.1. The summed E-state index contributed by atoms with van der Waals surface area (Å²) >= 11 is 0. The maximum absolute atomic E-state index is 10.8. The Labute approximate surface area is 199 Å². The number of ether oxygens (including phenoxy) is 1. The molecule has 4 aromatic rings. The van der Waals surface area contributed by atoms with Crippen molar-refractivity contribution in [3.05, 3.63) is 65.7 Å². The minimum Gasteiger partial charge on any atom is -0.364 e. The van der Waals surface area contributed by atoms with Crippen LogP contribution in [0.4, 0.5) is 0 Å². The molecular weight excluding hydrogens is 424 g/mol. The molecule has 1 fully saturated rings. The van der Waals surface area contributed by atoms with Crippen LogP contribution in [0.2, 0.25) is 0 Å². The molecule has 6 rings (SSSR count). The van der Waals surface area contributed by atoms with E-state index in [9.17, 15) is 5.11 Å². The summed E-state index contributed by atoms with van der Waals surface area (Å²) < 4.78 is 8.29. The Hall–Kier alpha value is -3.09. The molecule has 0 radical (unpaired) electrons. The quantitative estimate of drug-likeness (QED) is 0.377. The second-order valence-corrected chi connectivity index (χ2v) is 10.6. The number of aliphatic hydroxyl groups excluding tert-OH is 1. The van der Waals surface area contributed by atoms with Gasteiger partial charge in [-0.3, -0.25) is 9.97 Å². The molecule has 0 spiro atoms. The third kappa shape index (κ3) is 3.53. The summed E-state index contributed by atoms with van der Waals surface area (Å²) in [5, 5.41) is 11.8. The van der Waals surface area contributed by atoms with E-state index in [1.807, 2.05) is 70.3 Å². The highest BCUT2D eigenvalue weighted by Gasteiger charge is 2.41. The summed E-state index contributed by atoms with van der Waals surface area (Å²) in [5.41, 5.74) is 6.12. The van der Waals surface area contributed by atoms with Crippen molar-refractivity contribution in [2.75, 3.05) is 0 Å². The molecule has 3 atom stereocenters. The second kappa shape index (κ2) is 7.72. The SMILES string of the molecule is Cc1cccc(-c2nc3n(c2-c2ccnc4ccc(C(O)OC(C)(C)C)cc24)C2CCC3C2)n1. The van der Waals surface area contributed by atoms with Gasteiger partial charge in [0.1, 0.15) is 11.5 Å². The first-order valence-electron chi connectivity index (χ1n) is 12.1. The first-order valence-corrected chi connectivity index (χ1v) is 12.1. The van der Waals surface area contributed by atoms with Gasteiger partial charge in [-0.2, -0.15) is 0 Å². The summed E-state index contributed by atoms with van der Waals surface area (Å²) in [6.45, 7) is 7.84. The highest BCUT2D eigenvalue weighted by Crippen LogP contribution is 2.53. The Morgan fingerprint density at radius 1 is 1.09 bits per heavy atom. The van der Waals surface area contributed by atoms with Gasteiger partial charge < -0.3 is 14.4 Å². The maximum atomic E-state index is 10.8. The molecule has 6 heteroatoms. The van der Waals surface area contributed by atoms with Crippen molar-refractivity contribution in [2.24, 2.45) is 0 Å². The van der Waals surface area contributed by atoms with E-state index in [1.54, 1.807) is 0 Å². The molecular formula is C28H30N4O2. The molecule has 1 saturated carbocycles. The predicted molar refractivity (Wildman–Crippen MR) is 132 cm³/mol. The molecule has 0 saturated heterocycles. The van der Waals surface area contributed by atoms with Gasteiger partial charge in [-0.25, -0.2) is 4.98 Å². The van der Waals surface area contributed by atoms with Crippen LogP contribution in [0.3, 0.4) is 0 Å². The van der Waals surface area contributed by atoms with Crippen LogP contribution in [0, 0.1) is 6.92 Å². The lowest BCUT2D eigenvalue weighted by molar-refractivity contribution is -0.169. The number of hydrogen-bond donors (Lipinski definition) is 1. The Kier molecular flexibility index (Phi) is 4.87. The molecule has 34 heavy (non-hydrogen) atoms. The predicted octanol–water partition coefficient (Wildman–Crippen LogP) is 6.10. The molecule has 1 aliphatic carbocycles. The number of aryl methyl sites for hydroxylation is 1. The zero-order valence-electron chi connectivity index (χ0n) is 20.1. The summed E-state index contributed by atoms with van der Waals surface area (Å²) in [6, 6.07) is 14.5. The van der Waals surface area contributed by atoms with Crippen molar-refractivity contribution in [1.82, 2.24) is 19.5 Å². The Balaban J connectivity index is 1.57. The second-order valence-electron chi connectivity index (χ2n) is 10.6. The third-order valence-corrected chi connectivity index (χ3v) is 6.98. The molecule has 3 aromatic heterocycles. The number of fused-ring (bicyclic) bond motifs is 6. The number of imidazole rings is 1. The van der Waals surface area contributed by atoms with Crippen LogP contribution < -0.4 is 0 Å². The van der Waals surface area contributed by atoms with E-state index in [0.29, 0.717) is 12.0 Å². The number of aliphatic hydroxyl groups is 1. The van der Waals surface area contributed by atoms with Gasteiger partial charge in [0.15, 0.2) is 6.29 Å². The van der Waals surface area contributed by atoms with E-state index < -0.39 is 11.9 Å². The van der Waals surface area contributed by atoms with Gasteiger partial charge in [0.05, 0.1) is 22.5 Å². The molecule has 2 aliphatic rings. The molecule has 6 nitrogen and oxygen atoms in total. The van der Waals surface area contributed by atoms with Crippen LogP contribution >= 0.6 is 0 Å². The van der Waals surface area contributed by atoms with Crippen molar-refractivity contribution in [3.8, 4) is 22.6 Å². The maximum Gasteiger partial charge on any atom is 0.181 e. The average molecular weight is 455 g/mol. The minimum atomic E-state index is -1.01. The van der Waals surface area contributed by atoms with Crippen LogP contribution in [0.5, 0.6) is 0 Å². The van der Waals surface area contributed by atoms with E-state index in [0.717, 1.165) is 44.8 Å². The Morgan fingerprint density at radius 3 is 2.74 bits per heavy atom. The number of aromatic nitrogens is 4. The summed E-state index contributed by atoms with van der Waals surface area (Å²) in [7, 11) is 0. The standard InChI is InChI=1S/C28H30N4O2/c1-16-6-5-7-23(30-16)24-25(32-19-10-8-17(14-19)26(32)31-24)20-12-13-29-22-11-9-18(15-21(20)22)27(33)34-28(2,3)4/h5-7,9,11-13,15,17,19,27,33H,8,10,14H2,1-4H3. The molecule has 174 valence electrons. The topological polar surface area (TPSA) is 73.1 Å².